The van der Waals surface area contributed by atoms with E-state index in [1.807, 2.05) is 0 Å². The van der Waals surface area contributed by atoms with E-state index in [0.717, 1.165) is 0 Å². The average Bonchev–Trinajstić information content (AvgIpc) is 2.93. The first-order chi connectivity index (χ1) is 10.1. The fourth-order valence-corrected chi connectivity index (χ4v) is 2.02. The van der Waals surface area contributed by atoms with E-state index >= 15 is 0 Å². The lowest BCUT2D eigenvalue weighted by atomic mass is 10.3. The first kappa shape index (κ1) is 16.8. The van der Waals surface area contributed by atoms with Crippen LogP contribution in [0.4, 0.5) is 0 Å². The highest BCUT2D eigenvalue weighted by molar-refractivity contribution is 7.13. The Balaban J connectivity index is 2.73. The van der Waals surface area contributed by atoms with Crippen molar-refractivity contribution in [3.8, 4) is 0 Å². The third kappa shape index (κ3) is 5.74. The molecule has 0 spiro atoms. The molecule has 114 valence electrons. The maximum atomic E-state index is 11.8. The number of hydrogen-bond donors (Lipinski definition) is 1. The van der Waals surface area contributed by atoms with Gasteiger partial charge in [0.2, 0.25) is 0 Å². The molecule has 8 heteroatoms. The minimum atomic E-state index is -0.660. The summed E-state index contributed by atoms with van der Waals surface area (Å²) in [6, 6.07) is 3.42. The van der Waals surface area contributed by atoms with Crippen molar-refractivity contribution >= 4 is 34.9 Å². The summed E-state index contributed by atoms with van der Waals surface area (Å²) in [5, 5.41) is 5.51. The predicted molar refractivity (Wildman–Crippen MR) is 76.9 cm³/mol. The summed E-state index contributed by atoms with van der Waals surface area (Å²) in [6.07, 6.45) is -0.460. The van der Waals surface area contributed by atoms with Gasteiger partial charge in [0.15, 0.2) is 5.71 Å². The van der Waals surface area contributed by atoms with Gasteiger partial charge in [-0.25, -0.2) is 10.2 Å². The van der Waals surface area contributed by atoms with Crippen LogP contribution < -0.4 is 5.43 Å². The van der Waals surface area contributed by atoms with E-state index in [0.29, 0.717) is 4.88 Å². The van der Waals surface area contributed by atoms with E-state index in [1.165, 1.54) is 11.3 Å². The molecule has 21 heavy (non-hydrogen) atoms. The summed E-state index contributed by atoms with van der Waals surface area (Å²) in [5.74, 6) is -1.96. The van der Waals surface area contributed by atoms with Gasteiger partial charge in [0.05, 0.1) is 18.1 Å². The molecule has 0 aliphatic carbocycles. The highest BCUT2D eigenvalue weighted by Crippen LogP contribution is 2.11. The summed E-state index contributed by atoms with van der Waals surface area (Å²) >= 11 is 1.28. The first-order valence-corrected chi connectivity index (χ1v) is 7.19. The number of hydrogen-bond acceptors (Lipinski definition) is 7. The van der Waals surface area contributed by atoms with Gasteiger partial charge >= 0.3 is 11.9 Å². The Labute approximate surface area is 125 Å². The van der Waals surface area contributed by atoms with Gasteiger partial charge in [0.1, 0.15) is 6.42 Å². The summed E-state index contributed by atoms with van der Waals surface area (Å²) in [6.45, 7) is 3.70. The molecule has 1 heterocycles. The lowest BCUT2D eigenvalue weighted by molar-refractivity contribution is -0.146. The van der Waals surface area contributed by atoms with E-state index in [4.69, 9.17) is 4.74 Å². The van der Waals surface area contributed by atoms with Gasteiger partial charge in [-0.3, -0.25) is 9.59 Å². The molecule has 0 bridgehead atoms. The maximum Gasteiger partial charge on any atom is 0.360 e. The van der Waals surface area contributed by atoms with Gasteiger partial charge in [-0.05, 0) is 25.3 Å². The second-order valence-electron chi connectivity index (χ2n) is 3.67. The van der Waals surface area contributed by atoms with Crippen LogP contribution in [-0.4, -0.2) is 36.8 Å². The van der Waals surface area contributed by atoms with Crippen molar-refractivity contribution in [2.24, 2.45) is 5.10 Å². The van der Waals surface area contributed by atoms with Crippen LogP contribution in [0.15, 0.2) is 22.6 Å². The van der Waals surface area contributed by atoms with Crippen LogP contribution in [-0.2, 0) is 23.9 Å². The van der Waals surface area contributed by atoms with Crippen molar-refractivity contribution in [2.45, 2.75) is 20.3 Å². The molecule has 0 aliphatic rings. The molecule has 0 unspecified atom stereocenters. The topological polar surface area (TPSA) is 94.1 Å². The largest absolute Gasteiger partial charge is 0.466 e. The second kappa shape index (κ2) is 8.85. The Morgan fingerprint density at radius 1 is 1.24 bits per heavy atom. The zero-order chi connectivity index (χ0) is 15.7. The maximum absolute atomic E-state index is 11.8. The quantitative estimate of drug-likeness (QED) is 0.352. The molecule has 0 radical (unpaired) electrons. The fraction of sp³-hybridized carbons (Fsp3) is 0.385. The number of nitrogens with one attached hydrogen (secondary N) is 1. The highest BCUT2D eigenvalue weighted by atomic mass is 32.1. The number of carbonyl (C=O) groups excluding carboxylic acids is 3. The lowest BCUT2D eigenvalue weighted by Crippen LogP contribution is -2.27. The predicted octanol–water partition coefficient (Wildman–Crippen LogP) is 1.08. The SMILES string of the molecule is CCOC(=O)CC(=O)N/N=C(/C(=O)OCC)c1cccs1. The molecular weight excluding hydrogens is 296 g/mol. The molecule has 0 fully saturated rings. The Morgan fingerprint density at radius 2 is 1.95 bits per heavy atom. The summed E-state index contributed by atoms with van der Waals surface area (Å²) < 4.78 is 9.51. The molecule has 1 aromatic rings. The zero-order valence-corrected chi connectivity index (χ0v) is 12.6. The van der Waals surface area contributed by atoms with Gasteiger partial charge in [-0.15, -0.1) is 11.3 Å². The number of ether oxygens (including phenoxy) is 2. The lowest BCUT2D eigenvalue weighted by Gasteiger charge is -2.05. The summed E-state index contributed by atoms with van der Waals surface area (Å²) in [5.41, 5.74) is 2.14. The molecule has 1 rings (SSSR count). The van der Waals surface area contributed by atoms with Crippen molar-refractivity contribution in [2.75, 3.05) is 13.2 Å². The van der Waals surface area contributed by atoms with Crippen LogP contribution >= 0.6 is 11.3 Å². The zero-order valence-electron chi connectivity index (χ0n) is 11.8. The average molecular weight is 312 g/mol. The molecule has 0 aliphatic heterocycles. The van der Waals surface area contributed by atoms with Gasteiger partial charge in [-0.2, -0.15) is 5.10 Å². The first-order valence-electron chi connectivity index (χ1n) is 6.31. The second-order valence-corrected chi connectivity index (χ2v) is 4.62. The molecule has 0 aromatic carbocycles. The number of nitrogens with zero attached hydrogens (tertiary/aromatic N) is 1. The van der Waals surface area contributed by atoms with Gasteiger partial charge < -0.3 is 9.47 Å². The number of carbonyl (C=O) groups is 3. The Hall–Kier alpha value is -2.22. The van der Waals surface area contributed by atoms with E-state index in [-0.39, 0.29) is 18.9 Å². The van der Waals surface area contributed by atoms with Gasteiger partial charge in [0, 0.05) is 0 Å². The Morgan fingerprint density at radius 3 is 2.52 bits per heavy atom. The number of amides is 1. The smallest absolute Gasteiger partial charge is 0.360 e. The fourth-order valence-electron chi connectivity index (χ4n) is 1.31. The molecule has 1 aromatic heterocycles. The molecule has 1 amide bonds. The van der Waals surface area contributed by atoms with Crippen molar-refractivity contribution in [1.82, 2.24) is 5.43 Å². The van der Waals surface area contributed by atoms with Crippen molar-refractivity contribution < 1.29 is 23.9 Å². The third-order valence-corrected chi connectivity index (χ3v) is 3.00. The van der Waals surface area contributed by atoms with Crippen LogP contribution in [0.25, 0.3) is 0 Å². The molecule has 7 nitrogen and oxygen atoms in total. The van der Waals surface area contributed by atoms with E-state index < -0.39 is 24.3 Å². The standard InChI is InChI=1S/C13H16N2O5S/c1-3-19-11(17)8-10(16)14-15-12(13(18)20-4-2)9-6-5-7-21-9/h5-7H,3-4,8H2,1-2H3,(H,14,16)/b15-12+. The van der Waals surface area contributed by atoms with Crippen LogP contribution in [0, 0.1) is 0 Å². The number of esters is 2. The van der Waals surface area contributed by atoms with Gasteiger partial charge in [0.25, 0.3) is 5.91 Å². The minimum absolute atomic E-state index is 0.0101. The van der Waals surface area contributed by atoms with E-state index in [9.17, 15) is 14.4 Å². The Kier molecular flexibility index (Phi) is 7.10. The summed E-state index contributed by atoms with van der Waals surface area (Å²) in [7, 11) is 0. The van der Waals surface area contributed by atoms with Crippen LogP contribution in [0.1, 0.15) is 25.1 Å². The minimum Gasteiger partial charge on any atom is -0.466 e. The van der Waals surface area contributed by atoms with Crippen LogP contribution in [0.3, 0.4) is 0 Å². The normalized spacial score (nSPS) is 10.9. The Bertz CT molecular complexity index is 525. The van der Waals surface area contributed by atoms with Crippen LogP contribution in [0.5, 0.6) is 0 Å². The van der Waals surface area contributed by atoms with Crippen LogP contribution in [0.2, 0.25) is 0 Å². The summed E-state index contributed by atoms with van der Waals surface area (Å²) in [4.78, 5) is 35.0. The third-order valence-electron chi connectivity index (χ3n) is 2.13. The molecule has 0 saturated heterocycles. The molecular formula is C13H16N2O5S. The molecule has 1 N–H and O–H groups in total. The monoisotopic (exact) mass is 312 g/mol. The molecule has 0 saturated carbocycles. The van der Waals surface area contributed by atoms with Gasteiger partial charge in [-0.1, -0.05) is 6.07 Å². The molecule has 0 atom stereocenters. The number of thiophene rings is 1. The van der Waals surface area contributed by atoms with E-state index in [1.54, 1.807) is 31.4 Å². The van der Waals surface area contributed by atoms with Crippen molar-refractivity contribution in [3.05, 3.63) is 22.4 Å². The van der Waals surface area contributed by atoms with Crippen molar-refractivity contribution in [3.63, 3.8) is 0 Å². The number of hydrazone groups is 1. The van der Waals surface area contributed by atoms with E-state index in [2.05, 4.69) is 15.3 Å². The highest BCUT2D eigenvalue weighted by Gasteiger charge is 2.18. The number of rotatable bonds is 7. The van der Waals surface area contributed by atoms with Crippen molar-refractivity contribution in [1.29, 1.82) is 0 Å².